The van der Waals surface area contributed by atoms with E-state index in [-0.39, 0.29) is 10.8 Å². The summed E-state index contributed by atoms with van der Waals surface area (Å²) in [5, 5.41) is 0.0848. The number of hydrogen-bond donors (Lipinski definition) is 0. The molecule has 0 aromatic carbocycles. The second-order valence-corrected chi connectivity index (χ2v) is 8.07. The van der Waals surface area contributed by atoms with Crippen LogP contribution in [0.25, 0.3) is 0 Å². The molecule has 0 aromatic heterocycles. The Hall–Kier alpha value is 0.717. The fourth-order valence-electron chi connectivity index (χ4n) is 0.888. The fraction of sp³-hybridized carbons (Fsp3) is 1.00. The maximum absolute atomic E-state index is 5.80. The van der Waals surface area contributed by atoms with E-state index in [0.29, 0.717) is 18.8 Å². The smallest absolute Gasteiger partial charge is 0.324 e. The molecule has 0 aromatic rings. The van der Waals surface area contributed by atoms with Gasteiger partial charge in [-0.2, -0.15) is 0 Å². The van der Waals surface area contributed by atoms with Crippen LogP contribution in [0.2, 0.25) is 5.54 Å². The summed E-state index contributed by atoms with van der Waals surface area (Å²) in [5.41, 5.74) is 0.445. The third kappa shape index (κ3) is 8.06. The highest BCUT2D eigenvalue weighted by Gasteiger charge is 2.19. The SMILES string of the molecule is CC(Cl)CO[SiH](OCC(C)Cl)C(C)C. The van der Waals surface area contributed by atoms with Gasteiger partial charge in [-0.25, -0.2) is 0 Å². The molecule has 0 aliphatic rings. The molecule has 2 atom stereocenters. The molecular formula is C9H20Cl2O2Si. The maximum atomic E-state index is 5.80. The van der Waals surface area contributed by atoms with Gasteiger partial charge in [-0.1, -0.05) is 13.8 Å². The van der Waals surface area contributed by atoms with Gasteiger partial charge in [-0.3, -0.25) is 0 Å². The molecule has 0 spiro atoms. The third-order valence-electron chi connectivity index (χ3n) is 1.52. The van der Waals surface area contributed by atoms with Gasteiger partial charge in [0.2, 0.25) is 0 Å². The van der Waals surface area contributed by atoms with Crippen LogP contribution in [0.15, 0.2) is 0 Å². The first-order valence-corrected chi connectivity index (χ1v) is 7.43. The minimum Gasteiger partial charge on any atom is -0.395 e. The van der Waals surface area contributed by atoms with Crippen molar-refractivity contribution in [1.82, 2.24) is 0 Å². The first-order chi connectivity index (χ1) is 6.43. The van der Waals surface area contributed by atoms with Crippen LogP contribution in [0.5, 0.6) is 0 Å². The van der Waals surface area contributed by atoms with Crippen molar-refractivity contribution in [2.45, 2.75) is 44.0 Å². The summed E-state index contributed by atoms with van der Waals surface area (Å²) in [6, 6.07) is 0. The Labute approximate surface area is 98.7 Å². The van der Waals surface area contributed by atoms with Crippen molar-refractivity contribution in [3.05, 3.63) is 0 Å². The number of rotatable bonds is 7. The van der Waals surface area contributed by atoms with Gasteiger partial charge in [0.25, 0.3) is 0 Å². The van der Waals surface area contributed by atoms with Crippen LogP contribution in [-0.4, -0.2) is 33.3 Å². The van der Waals surface area contributed by atoms with Crippen molar-refractivity contribution in [1.29, 1.82) is 0 Å². The molecular weight excluding hydrogens is 239 g/mol. The minimum absolute atomic E-state index is 0.0424. The van der Waals surface area contributed by atoms with Crippen LogP contribution in [0.3, 0.4) is 0 Å². The average molecular weight is 259 g/mol. The van der Waals surface area contributed by atoms with Crippen molar-refractivity contribution in [3.8, 4) is 0 Å². The monoisotopic (exact) mass is 258 g/mol. The zero-order valence-electron chi connectivity index (χ0n) is 9.30. The molecule has 0 fully saturated rings. The van der Waals surface area contributed by atoms with Gasteiger partial charge >= 0.3 is 9.28 Å². The summed E-state index contributed by atoms with van der Waals surface area (Å²) in [4.78, 5) is 0. The Morgan fingerprint density at radius 3 is 1.50 bits per heavy atom. The van der Waals surface area contributed by atoms with E-state index in [1.165, 1.54) is 0 Å². The number of halogens is 2. The Morgan fingerprint density at radius 2 is 1.29 bits per heavy atom. The summed E-state index contributed by atoms with van der Waals surface area (Å²) < 4.78 is 11.3. The molecule has 0 saturated heterocycles. The lowest BCUT2D eigenvalue weighted by Crippen LogP contribution is -2.30. The van der Waals surface area contributed by atoms with Gasteiger partial charge in [-0.05, 0) is 19.4 Å². The molecule has 0 saturated carbocycles. The number of alkyl halides is 2. The van der Waals surface area contributed by atoms with E-state index in [0.717, 1.165) is 0 Å². The van der Waals surface area contributed by atoms with Crippen LogP contribution in [0.4, 0.5) is 0 Å². The fourth-order valence-corrected chi connectivity index (χ4v) is 3.10. The molecule has 14 heavy (non-hydrogen) atoms. The summed E-state index contributed by atoms with van der Waals surface area (Å²) >= 11 is 11.6. The van der Waals surface area contributed by atoms with Crippen molar-refractivity contribution < 1.29 is 8.85 Å². The topological polar surface area (TPSA) is 18.5 Å². The Kier molecular flexibility index (Phi) is 8.34. The summed E-state index contributed by atoms with van der Waals surface area (Å²) in [7, 11) is -1.59. The predicted octanol–water partition coefficient (Wildman–Crippen LogP) is 2.90. The third-order valence-corrected chi connectivity index (χ3v) is 3.91. The van der Waals surface area contributed by atoms with E-state index in [1.807, 2.05) is 13.8 Å². The van der Waals surface area contributed by atoms with Crippen molar-refractivity contribution >= 4 is 32.5 Å². The van der Waals surface area contributed by atoms with Gasteiger partial charge in [0.05, 0.1) is 24.0 Å². The largest absolute Gasteiger partial charge is 0.395 e. The predicted molar refractivity (Wildman–Crippen MR) is 64.8 cm³/mol. The molecule has 0 amide bonds. The molecule has 0 radical (unpaired) electrons. The molecule has 0 aliphatic carbocycles. The quantitative estimate of drug-likeness (QED) is 0.517. The second kappa shape index (κ2) is 7.94. The highest BCUT2D eigenvalue weighted by atomic mass is 35.5. The lowest BCUT2D eigenvalue weighted by atomic mass is 10.5. The summed E-state index contributed by atoms with van der Waals surface area (Å²) in [6.45, 7) is 9.17. The lowest BCUT2D eigenvalue weighted by Gasteiger charge is -2.21. The highest BCUT2D eigenvalue weighted by Crippen LogP contribution is 2.12. The Morgan fingerprint density at radius 1 is 0.929 bits per heavy atom. The molecule has 2 unspecified atom stereocenters. The van der Waals surface area contributed by atoms with E-state index in [1.54, 1.807) is 0 Å². The Bertz CT molecular complexity index is 131. The highest BCUT2D eigenvalue weighted by molar-refractivity contribution is 6.46. The van der Waals surface area contributed by atoms with E-state index in [9.17, 15) is 0 Å². The first-order valence-electron chi connectivity index (χ1n) is 4.94. The van der Waals surface area contributed by atoms with E-state index in [2.05, 4.69) is 13.8 Å². The van der Waals surface area contributed by atoms with Crippen LogP contribution in [0.1, 0.15) is 27.7 Å². The average Bonchev–Trinajstić information content (AvgIpc) is 2.02. The van der Waals surface area contributed by atoms with Gasteiger partial charge in [0, 0.05) is 0 Å². The summed E-state index contributed by atoms with van der Waals surface area (Å²) in [6.07, 6.45) is 0. The Balaban J connectivity index is 3.78. The zero-order chi connectivity index (χ0) is 11.1. The van der Waals surface area contributed by atoms with E-state index in [4.69, 9.17) is 32.1 Å². The second-order valence-electron chi connectivity index (χ2n) is 3.84. The maximum Gasteiger partial charge on any atom is 0.324 e. The normalized spacial score (nSPS) is 18.2. The molecule has 0 bridgehead atoms. The van der Waals surface area contributed by atoms with Crippen molar-refractivity contribution in [2.24, 2.45) is 0 Å². The van der Waals surface area contributed by atoms with E-state index < -0.39 is 9.28 Å². The molecule has 0 N–H and O–H groups in total. The van der Waals surface area contributed by atoms with Crippen LogP contribution < -0.4 is 0 Å². The molecule has 5 heteroatoms. The molecule has 0 aliphatic heterocycles. The van der Waals surface area contributed by atoms with Crippen molar-refractivity contribution in [3.63, 3.8) is 0 Å². The van der Waals surface area contributed by atoms with Crippen LogP contribution >= 0.6 is 23.2 Å². The van der Waals surface area contributed by atoms with E-state index >= 15 is 0 Å². The first kappa shape index (κ1) is 14.7. The van der Waals surface area contributed by atoms with Crippen molar-refractivity contribution in [2.75, 3.05) is 13.2 Å². The molecule has 0 heterocycles. The minimum atomic E-state index is -1.59. The molecule has 2 nitrogen and oxygen atoms in total. The standard InChI is InChI=1S/C9H20Cl2O2Si/c1-7(2)14(12-5-8(3)10)13-6-9(4)11/h7-9,14H,5-6H2,1-4H3. The van der Waals surface area contributed by atoms with Crippen LogP contribution in [0, 0.1) is 0 Å². The van der Waals surface area contributed by atoms with Crippen LogP contribution in [-0.2, 0) is 8.85 Å². The van der Waals surface area contributed by atoms with Gasteiger partial charge in [0.1, 0.15) is 0 Å². The lowest BCUT2D eigenvalue weighted by molar-refractivity contribution is 0.192. The summed E-state index contributed by atoms with van der Waals surface area (Å²) in [5.74, 6) is 0. The van der Waals surface area contributed by atoms with Gasteiger partial charge in [-0.15, -0.1) is 23.2 Å². The van der Waals surface area contributed by atoms with Gasteiger partial charge < -0.3 is 8.85 Å². The number of hydrogen-bond acceptors (Lipinski definition) is 2. The molecule has 86 valence electrons. The zero-order valence-corrected chi connectivity index (χ0v) is 12.0. The molecule has 0 rings (SSSR count). The van der Waals surface area contributed by atoms with Gasteiger partial charge in [0.15, 0.2) is 0 Å².